The summed E-state index contributed by atoms with van der Waals surface area (Å²) >= 11 is 5.93. The highest BCUT2D eigenvalue weighted by Gasteiger charge is 2.31. The molecule has 0 aliphatic carbocycles. The van der Waals surface area contributed by atoms with Crippen molar-refractivity contribution in [2.45, 2.75) is 38.7 Å². The van der Waals surface area contributed by atoms with E-state index in [1.165, 1.54) is 16.7 Å². The molecule has 0 amide bonds. The second kappa shape index (κ2) is 8.96. The molecule has 1 aliphatic heterocycles. The van der Waals surface area contributed by atoms with E-state index in [1.807, 2.05) is 0 Å². The summed E-state index contributed by atoms with van der Waals surface area (Å²) in [6.45, 7) is 4.10. The van der Waals surface area contributed by atoms with Gasteiger partial charge in [-0.1, -0.05) is 11.6 Å². The fraction of sp³-hybridized carbons (Fsp3) is 0.391. The monoisotopic (exact) mass is 459 g/mol. The highest BCUT2D eigenvalue weighted by atomic mass is 35.5. The maximum atomic E-state index is 14.9. The third-order valence-electron chi connectivity index (χ3n) is 5.74. The topological polar surface area (TPSA) is 83.3 Å². The van der Waals surface area contributed by atoms with Crippen LogP contribution in [0.1, 0.15) is 37.2 Å². The lowest BCUT2D eigenvalue weighted by atomic mass is 9.91. The minimum absolute atomic E-state index is 0.136. The van der Waals surface area contributed by atoms with Gasteiger partial charge in [0.25, 0.3) is 5.56 Å². The van der Waals surface area contributed by atoms with Gasteiger partial charge in [0.1, 0.15) is 11.6 Å². The van der Waals surface area contributed by atoms with Crippen molar-refractivity contribution < 1.29 is 18.7 Å². The predicted molar refractivity (Wildman–Crippen MR) is 118 cm³/mol. The Balaban J connectivity index is 1.89. The van der Waals surface area contributed by atoms with Crippen molar-refractivity contribution >= 4 is 28.5 Å². The summed E-state index contributed by atoms with van der Waals surface area (Å²) in [6.07, 6.45) is 0.310. The molecule has 3 aromatic rings. The van der Waals surface area contributed by atoms with E-state index < -0.39 is 17.9 Å². The molecular weight excluding hydrogens is 437 g/mol. The highest BCUT2D eigenvalue weighted by molar-refractivity contribution is 6.30. The number of aryl methyl sites for hydroxylation is 1. The Morgan fingerprint density at radius 3 is 2.84 bits per heavy atom. The van der Waals surface area contributed by atoms with Crippen LogP contribution in [-0.2, 0) is 21.3 Å². The van der Waals surface area contributed by atoms with Crippen LogP contribution in [0.3, 0.4) is 0 Å². The number of nitrogens with zero attached hydrogens (tertiary/aromatic N) is 3. The molecule has 7 nitrogen and oxygen atoms in total. The summed E-state index contributed by atoms with van der Waals surface area (Å²) in [6, 6.07) is 6.00. The first-order valence-electron chi connectivity index (χ1n) is 10.4. The molecule has 4 rings (SSSR count). The second-order valence-corrected chi connectivity index (χ2v) is 8.21. The largest absolute Gasteiger partial charge is 0.464 e. The zero-order chi connectivity index (χ0) is 23.0. The van der Waals surface area contributed by atoms with Crippen LogP contribution in [0.5, 0.6) is 0 Å². The van der Waals surface area contributed by atoms with Gasteiger partial charge in [0.2, 0.25) is 0 Å². The molecule has 3 heterocycles. The van der Waals surface area contributed by atoms with Crippen molar-refractivity contribution in [2.75, 3.05) is 13.2 Å². The number of hydrogen-bond donors (Lipinski definition) is 0. The Morgan fingerprint density at radius 1 is 1.34 bits per heavy atom. The molecule has 0 radical (unpaired) electrons. The van der Waals surface area contributed by atoms with E-state index in [0.717, 1.165) is 0 Å². The van der Waals surface area contributed by atoms with E-state index in [4.69, 9.17) is 26.1 Å². The van der Waals surface area contributed by atoms with Gasteiger partial charge in [0, 0.05) is 35.9 Å². The number of hydrogen-bond acceptors (Lipinski definition) is 6. The van der Waals surface area contributed by atoms with Gasteiger partial charge >= 0.3 is 5.97 Å². The van der Waals surface area contributed by atoms with E-state index in [-0.39, 0.29) is 39.8 Å². The molecule has 1 aliphatic rings. The number of ether oxygens (including phenoxy) is 2. The van der Waals surface area contributed by atoms with Gasteiger partial charge in [0.15, 0.2) is 6.10 Å². The van der Waals surface area contributed by atoms with Gasteiger partial charge < -0.3 is 9.47 Å². The van der Waals surface area contributed by atoms with Crippen LogP contribution in [0, 0.1) is 12.7 Å². The lowest BCUT2D eigenvalue weighted by Gasteiger charge is -2.28. The minimum Gasteiger partial charge on any atom is -0.464 e. The van der Waals surface area contributed by atoms with Gasteiger partial charge in [0.05, 0.1) is 23.2 Å². The zero-order valence-electron chi connectivity index (χ0n) is 18.0. The maximum Gasteiger partial charge on any atom is 0.335 e. The summed E-state index contributed by atoms with van der Waals surface area (Å²) in [5.41, 5.74) is 1.11. The van der Waals surface area contributed by atoms with E-state index in [9.17, 15) is 14.0 Å². The van der Waals surface area contributed by atoms with Gasteiger partial charge in [-0.2, -0.15) is 0 Å². The number of fused-ring (bicyclic) bond motifs is 1. The third-order valence-corrected chi connectivity index (χ3v) is 5.98. The third kappa shape index (κ3) is 4.12. The predicted octanol–water partition coefficient (Wildman–Crippen LogP) is 3.92. The van der Waals surface area contributed by atoms with Crippen LogP contribution in [0.4, 0.5) is 4.39 Å². The Morgan fingerprint density at radius 2 is 2.12 bits per heavy atom. The van der Waals surface area contributed by atoms with Crippen LogP contribution in [-0.4, -0.2) is 39.8 Å². The molecule has 32 heavy (non-hydrogen) atoms. The lowest BCUT2D eigenvalue weighted by Crippen LogP contribution is -2.33. The van der Waals surface area contributed by atoms with Gasteiger partial charge in [-0.05, 0) is 51.0 Å². The molecule has 1 fully saturated rings. The van der Waals surface area contributed by atoms with Crippen molar-refractivity contribution in [3.8, 4) is 11.3 Å². The van der Waals surface area contributed by atoms with Gasteiger partial charge in [-0.3, -0.25) is 14.3 Å². The summed E-state index contributed by atoms with van der Waals surface area (Å²) in [7, 11) is 1.61. The average molecular weight is 460 g/mol. The number of carbonyl (C=O) groups excluding carboxylic acids is 1. The highest BCUT2D eigenvalue weighted by Crippen LogP contribution is 2.34. The van der Waals surface area contributed by atoms with Gasteiger partial charge in [-0.15, -0.1) is 0 Å². The van der Waals surface area contributed by atoms with Crippen LogP contribution in [0.25, 0.3) is 22.2 Å². The number of halogens is 2. The number of pyridine rings is 1. The van der Waals surface area contributed by atoms with Crippen LogP contribution < -0.4 is 5.56 Å². The first kappa shape index (κ1) is 22.4. The number of carbonyl (C=O) groups is 1. The zero-order valence-corrected chi connectivity index (χ0v) is 18.8. The smallest absolute Gasteiger partial charge is 0.335 e. The maximum absolute atomic E-state index is 14.9. The van der Waals surface area contributed by atoms with Crippen LogP contribution in [0.2, 0.25) is 5.02 Å². The Labute approximate surface area is 189 Å². The van der Waals surface area contributed by atoms with Gasteiger partial charge in [-0.25, -0.2) is 14.2 Å². The number of esters is 1. The quantitative estimate of drug-likeness (QED) is 0.550. The second-order valence-electron chi connectivity index (χ2n) is 7.77. The average Bonchev–Trinajstić information content (AvgIpc) is 2.77. The molecule has 1 aromatic carbocycles. The number of benzene rings is 1. The molecule has 1 saturated heterocycles. The lowest BCUT2D eigenvalue weighted by molar-refractivity contribution is -0.160. The molecule has 9 heteroatoms. The number of aromatic nitrogens is 3. The molecule has 2 aromatic heterocycles. The van der Waals surface area contributed by atoms with Crippen LogP contribution >= 0.6 is 11.6 Å². The Hall–Kier alpha value is -2.84. The Kier molecular flexibility index (Phi) is 6.26. The van der Waals surface area contributed by atoms with E-state index in [1.54, 1.807) is 33.0 Å². The fourth-order valence-corrected chi connectivity index (χ4v) is 4.12. The fourth-order valence-electron chi connectivity index (χ4n) is 3.96. The molecule has 168 valence electrons. The normalized spacial score (nSPS) is 18.7. The summed E-state index contributed by atoms with van der Waals surface area (Å²) in [5, 5.41) is 0.479. The summed E-state index contributed by atoms with van der Waals surface area (Å²) in [4.78, 5) is 34.5. The summed E-state index contributed by atoms with van der Waals surface area (Å²) in [5.74, 6) is -0.603. The van der Waals surface area contributed by atoms with Crippen LogP contribution in [0.15, 0.2) is 29.1 Å². The molecule has 0 spiro atoms. The van der Waals surface area contributed by atoms with Crippen molar-refractivity contribution in [3.05, 3.63) is 57.0 Å². The van der Waals surface area contributed by atoms with E-state index in [0.29, 0.717) is 36.5 Å². The SMILES string of the molecule is CCOC(=O)[C@H]1C[C@@H](c2cc3nc(C)n(C)c(=O)c3c(-c3ccc(Cl)cc3F)n2)CCO1. The van der Waals surface area contributed by atoms with Crippen molar-refractivity contribution in [1.82, 2.24) is 14.5 Å². The molecule has 0 unspecified atom stereocenters. The standard InChI is InChI=1S/C23H23ClFN3O4/c1-4-31-23(30)19-9-13(7-8-32-19)17-11-18-20(22(29)28(3)12(2)26-18)21(27-17)15-6-5-14(24)10-16(15)25/h5-6,10-11,13,19H,4,7-9H2,1-3H3/t13-,19+/m0/s1. The van der Waals surface area contributed by atoms with E-state index >= 15 is 0 Å². The molecule has 2 atom stereocenters. The van der Waals surface area contributed by atoms with E-state index in [2.05, 4.69) is 4.98 Å². The van der Waals surface area contributed by atoms with Crippen molar-refractivity contribution in [2.24, 2.45) is 7.05 Å². The molecule has 0 bridgehead atoms. The molecule has 0 saturated carbocycles. The Bertz CT molecular complexity index is 1260. The van der Waals surface area contributed by atoms with Crippen molar-refractivity contribution in [1.29, 1.82) is 0 Å². The first-order valence-corrected chi connectivity index (χ1v) is 10.8. The van der Waals surface area contributed by atoms with Crippen molar-refractivity contribution in [3.63, 3.8) is 0 Å². The summed E-state index contributed by atoms with van der Waals surface area (Å²) < 4.78 is 27.0. The minimum atomic E-state index is -0.694. The first-order chi connectivity index (χ1) is 15.3. The molecule has 0 N–H and O–H groups in total. The number of rotatable bonds is 4. The molecular formula is C23H23ClFN3O4.